The number of hydrogen-bond donors (Lipinski definition) is 1. The van der Waals surface area contributed by atoms with E-state index in [0.717, 1.165) is 44.7 Å². The Morgan fingerprint density at radius 2 is 1.54 bits per heavy atom. The maximum absolute atomic E-state index is 13.0. The lowest BCUT2D eigenvalue weighted by molar-refractivity contribution is -0.131. The molecule has 3 rings (SSSR count). The van der Waals surface area contributed by atoms with E-state index < -0.39 is 0 Å². The molecule has 1 aromatic carbocycles. The second kappa shape index (κ2) is 11.4. The van der Waals surface area contributed by atoms with Crippen molar-refractivity contribution in [3.8, 4) is 0 Å². The summed E-state index contributed by atoms with van der Waals surface area (Å²) in [5.41, 5.74) is 7.09. The number of guanidine groups is 1. The smallest absolute Gasteiger partial charge is 0.224 e. The van der Waals surface area contributed by atoms with Gasteiger partial charge in [0.2, 0.25) is 5.91 Å². The van der Waals surface area contributed by atoms with E-state index in [0.29, 0.717) is 32.0 Å². The largest absolute Gasteiger partial charge is 0.370 e. The summed E-state index contributed by atoms with van der Waals surface area (Å²) >= 11 is 0. The monoisotopic (exact) mass is 503 g/mol. The number of halogens is 2. The highest BCUT2D eigenvalue weighted by Crippen LogP contribution is 2.17. The van der Waals surface area contributed by atoms with E-state index in [1.807, 2.05) is 4.90 Å². The number of nitrogens with two attached hydrogens (primary N) is 1. The first-order chi connectivity index (χ1) is 13.1. The maximum atomic E-state index is 13.0. The molecule has 0 radical (unpaired) electrons. The van der Waals surface area contributed by atoms with E-state index in [1.165, 1.54) is 25.0 Å². The van der Waals surface area contributed by atoms with E-state index in [2.05, 4.69) is 14.8 Å². The molecule has 0 bridgehead atoms. The van der Waals surface area contributed by atoms with Gasteiger partial charge < -0.3 is 20.4 Å². The normalized spacial score (nSPS) is 18.5. The van der Waals surface area contributed by atoms with E-state index in [-0.39, 0.29) is 35.7 Å². The third-order valence-electron chi connectivity index (χ3n) is 5.35. The summed E-state index contributed by atoms with van der Waals surface area (Å²) in [4.78, 5) is 23.1. The summed E-state index contributed by atoms with van der Waals surface area (Å²) in [7, 11) is 0. The Morgan fingerprint density at radius 1 is 0.929 bits per heavy atom. The van der Waals surface area contributed by atoms with Crippen LogP contribution < -0.4 is 10.6 Å². The van der Waals surface area contributed by atoms with E-state index in [4.69, 9.17) is 5.73 Å². The molecule has 2 heterocycles. The molecular weight excluding hydrogens is 472 g/mol. The number of nitrogens with zero attached hydrogens (tertiary/aromatic N) is 4. The molecule has 2 aliphatic rings. The lowest BCUT2D eigenvalue weighted by Gasteiger charge is -2.36. The third-order valence-corrected chi connectivity index (χ3v) is 5.35. The van der Waals surface area contributed by atoms with Gasteiger partial charge in [0.15, 0.2) is 5.96 Å². The molecule has 8 heteroatoms. The van der Waals surface area contributed by atoms with E-state index >= 15 is 0 Å². The van der Waals surface area contributed by atoms with Crippen LogP contribution in [0.25, 0.3) is 0 Å². The standard InChI is InChI=1S/C20H30FN5O.HI/c21-17-5-7-18(8-6-17)24-13-15-25(16-14-24)19(27)9-10-23-20(22)26-11-3-1-2-4-12-26;/h5-8H,1-4,9-16H2,(H2,22,23);1H. The van der Waals surface area contributed by atoms with Gasteiger partial charge in [0.1, 0.15) is 5.82 Å². The van der Waals surface area contributed by atoms with Crippen LogP contribution >= 0.6 is 24.0 Å². The predicted molar refractivity (Wildman–Crippen MR) is 122 cm³/mol. The molecule has 28 heavy (non-hydrogen) atoms. The maximum Gasteiger partial charge on any atom is 0.224 e. The SMILES string of the molecule is I.NC(=NCCC(=O)N1CCN(c2ccc(F)cc2)CC1)N1CCCCCC1. The number of carbonyl (C=O) groups is 1. The van der Waals surface area contributed by atoms with Gasteiger partial charge in [0.25, 0.3) is 0 Å². The second-order valence-corrected chi connectivity index (χ2v) is 7.24. The summed E-state index contributed by atoms with van der Waals surface area (Å²) in [6.07, 6.45) is 5.23. The van der Waals surface area contributed by atoms with E-state index in [1.54, 1.807) is 12.1 Å². The zero-order chi connectivity index (χ0) is 19.1. The summed E-state index contributed by atoms with van der Waals surface area (Å²) < 4.78 is 13.0. The Labute approximate surface area is 184 Å². The van der Waals surface area contributed by atoms with Crippen molar-refractivity contribution in [3.63, 3.8) is 0 Å². The average Bonchev–Trinajstić information content (AvgIpc) is 2.98. The minimum Gasteiger partial charge on any atom is -0.370 e. The summed E-state index contributed by atoms with van der Waals surface area (Å²) in [6, 6.07) is 6.51. The van der Waals surface area contributed by atoms with Crippen molar-refractivity contribution < 1.29 is 9.18 Å². The van der Waals surface area contributed by atoms with Gasteiger partial charge in [-0.05, 0) is 37.1 Å². The summed E-state index contributed by atoms with van der Waals surface area (Å²) in [5, 5.41) is 0. The van der Waals surface area contributed by atoms with Crippen molar-refractivity contribution in [1.29, 1.82) is 0 Å². The number of anilines is 1. The number of amides is 1. The van der Waals surface area contributed by atoms with Crippen LogP contribution in [0.15, 0.2) is 29.3 Å². The van der Waals surface area contributed by atoms with Gasteiger partial charge >= 0.3 is 0 Å². The molecule has 2 aliphatic heterocycles. The Kier molecular flexibility index (Phi) is 9.27. The Hall–Kier alpha value is -1.58. The number of aliphatic imine (C=N–C) groups is 1. The Balaban J connectivity index is 0.00000280. The van der Waals surface area contributed by atoms with Crippen LogP contribution in [0.2, 0.25) is 0 Å². The van der Waals surface area contributed by atoms with Crippen molar-refractivity contribution >= 4 is 41.5 Å². The molecule has 2 N–H and O–H groups in total. The Bertz CT molecular complexity index is 639. The topological polar surface area (TPSA) is 65.2 Å². The second-order valence-electron chi connectivity index (χ2n) is 7.24. The molecule has 0 aromatic heterocycles. The molecule has 156 valence electrons. The summed E-state index contributed by atoms with van der Waals surface area (Å²) in [6.45, 7) is 5.26. The fourth-order valence-corrected chi connectivity index (χ4v) is 3.69. The van der Waals surface area contributed by atoms with Gasteiger partial charge in [-0.1, -0.05) is 12.8 Å². The number of likely N-dealkylation sites (tertiary alicyclic amines) is 1. The molecule has 0 atom stereocenters. The van der Waals surface area contributed by atoms with E-state index in [9.17, 15) is 9.18 Å². The van der Waals surface area contributed by atoms with Crippen LogP contribution in [-0.4, -0.2) is 67.5 Å². The van der Waals surface area contributed by atoms with Gasteiger partial charge in [-0.15, -0.1) is 24.0 Å². The van der Waals surface area contributed by atoms with Gasteiger partial charge in [0, 0.05) is 51.4 Å². The zero-order valence-corrected chi connectivity index (χ0v) is 18.7. The Morgan fingerprint density at radius 3 is 2.14 bits per heavy atom. The highest BCUT2D eigenvalue weighted by Gasteiger charge is 2.21. The number of carbonyl (C=O) groups excluding carboxylic acids is 1. The quantitative estimate of drug-likeness (QED) is 0.390. The van der Waals surface area contributed by atoms with Crippen LogP contribution in [0.3, 0.4) is 0 Å². The fourth-order valence-electron chi connectivity index (χ4n) is 3.69. The van der Waals surface area contributed by atoms with Crippen molar-refractivity contribution in [2.45, 2.75) is 32.1 Å². The summed E-state index contributed by atoms with van der Waals surface area (Å²) in [5.74, 6) is 0.472. The zero-order valence-electron chi connectivity index (χ0n) is 16.4. The van der Waals surface area contributed by atoms with Crippen molar-refractivity contribution in [2.24, 2.45) is 10.7 Å². The van der Waals surface area contributed by atoms with Gasteiger partial charge in [-0.2, -0.15) is 0 Å². The van der Waals surface area contributed by atoms with Gasteiger partial charge in [0.05, 0.1) is 6.54 Å². The van der Waals surface area contributed by atoms with Crippen molar-refractivity contribution in [3.05, 3.63) is 30.1 Å². The molecule has 0 saturated carbocycles. The number of benzene rings is 1. The van der Waals surface area contributed by atoms with Gasteiger partial charge in [-0.3, -0.25) is 9.79 Å². The molecule has 1 aromatic rings. The molecular formula is C20H31FIN5O. The first kappa shape index (κ1) is 22.7. The number of hydrogen-bond acceptors (Lipinski definition) is 3. The highest BCUT2D eigenvalue weighted by molar-refractivity contribution is 14.0. The van der Waals surface area contributed by atoms with Gasteiger partial charge in [-0.25, -0.2) is 4.39 Å². The van der Waals surface area contributed by atoms with Crippen LogP contribution in [0, 0.1) is 5.82 Å². The van der Waals surface area contributed by atoms with Crippen molar-refractivity contribution in [1.82, 2.24) is 9.80 Å². The molecule has 2 fully saturated rings. The fraction of sp³-hybridized carbons (Fsp3) is 0.600. The molecule has 2 saturated heterocycles. The third kappa shape index (κ3) is 6.49. The van der Waals surface area contributed by atoms with Crippen LogP contribution in [-0.2, 0) is 4.79 Å². The van der Waals surface area contributed by atoms with Crippen molar-refractivity contribution in [2.75, 3.05) is 50.7 Å². The first-order valence-electron chi connectivity index (χ1n) is 9.96. The predicted octanol–water partition coefficient (Wildman–Crippen LogP) is 2.67. The molecule has 1 amide bonds. The molecule has 0 unspecified atom stereocenters. The minimum absolute atomic E-state index is 0. The average molecular weight is 503 g/mol. The molecule has 0 aliphatic carbocycles. The minimum atomic E-state index is -0.229. The number of piperazine rings is 1. The lowest BCUT2D eigenvalue weighted by Crippen LogP contribution is -2.49. The molecule has 6 nitrogen and oxygen atoms in total. The van der Waals surface area contributed by atoms with Crippen LogP contribution in [0.4, 0.5) is 10.1 Å². The molecule has 0 spiro atoms. The number of rotatable bonds is 4. The van der Waals surface area contributed by atoms with Crippen LogP contribution in [0.5, 0.6) is 0 Å². The lowest BCUT2D eigenvalue weighted by atomic mass is 10.2. The van der Waals surface area contributed by atoms with Crippen LogP contribution in [0.1, 0.15) is 32.1 Å². The first-order valence-corrected chi connectivity index (χ1v) is 9.96. The highest BCUT2D eigenvalue weighted by atomic mass is 127.